The van der Waals surface area contributed by atoms with Crippen LogP contribution < -0.4 is 20.1 Å². The minimum atomic E-state index is -0.410. The van der Waals surface area contributed by atoms with Crippen molar-refractivity contribution in [2.45, 2.75) is 19.9 Å². The number of hydrogen-bond acceptors (Lipinski definition) is 5. The van der Waals surface area contributed by atoms with Gasteiger partial charge in [-0.1, -0.05) is 6.07 Å². The second-order valence-electron chi connectivity index (χ2n) is 5.32. The normalized spacial score (nSPS) is 11.5. The molecule has 1 aromatic carbocycles. The SMILES string of the molecule is COc1cc(C)ccc1Oc1ccc(NC(=O)N[C@@H](C)CO)cn1. The Kier molecular flexibility index (Phi) is 5.97. The fourth-order valence-electron chi connectivity index (χ4n) is 1.92. The molecule has 7 nitrogen and oxygen atoms in total. The van der Waals surface area contributed by atoms with E-state index < -0.39 is 6.03 Å². The number of aryl methyl sites for hydroxylation is 1. The number of pyridine rings is 1. The zero-order valence-electron chi connectivity index (χ0n) is 13.9. The van der Waals surface area contributed by atoms with Crippen LogP contribution in [0.25, 0.3) is 0 Å². The van der Waals surface area contributed by atoms with Gasteiger partial charge < -0.3 is 25.2 Å². The van der Waals surface area contributed by atoms with Gasteiger partial charge in [0.1, 0.15) is 0 Å². The Morgan fingerprint density at radius 1 is 1.29 bits per heavy atom. The topological polar surface area (TPSA) is 92.7 Å². The average Bonchev–Trinajstić information content (AvgIpc) is 2.57. The van der Waals surface area contributed by atoms with Crippen molar-refractivity contribution in [3.63, 3.8) is 0 Å². The number of amides is 2. The van der Waals surface area contributed by atoms with Gasteiger partial charge in [-0.3, -0.25) is 0 Å². The van der Waals surface area contributed by atoms with Crippen LogP contribution in [0.4, 0.5) is 10.5 Å². The van der Waals surface area contributed by atoms with E-state index >= 15 is 0 Å². The second kappa shape index (κ2) is 8.16. The zero-order valence-corrected chi connectivity index (χ0v) is 13.9. The van der Waals surface area contributed by atoms with Crippen LogP contribution in [0.3, 0.4) is 0 Å². The van der Waals surface area contributed by atoms with Crippen LogP contribution in [0.2, 0.25) is 0 Å². The van der Waals surface area contributed by atoms with Crippen LogP contribution in [0.5, 0.6) is 17.4 Å². The van der Waals surface area contributed by atoms with Gasteiger partial charge >= 0.3 is 6.03 Å². The number of urea groups is 1. The summed E-state index contributed by atoms with van der Waals surface area (Å²) in [7, 11) is 1.58. The summed E-state index contributed by atoms with van der Waals surface area (Å²) in [5, 5.41) is 14.1. The summed E-state index contributed by atoms with van der Waals surface area (Å²) in [5.41, 5.74) is 1.58. The summed E-state index contributed by atoms with van der Waals surface area (Å²) in [6.45, 7) is 3.54. The number of aliphatic hydroxyl groups is 1. The number of methoxy groups -OCH3 is 1. The van der Waals surface area contributed by atoms with Gasteiger partial charge in [-0.25, -0.2) is 9.78 Å². The van der Waals surface area contributed by atoms with Crippen molar-refractivity contribution in [3.8, 4) is 17.4 Å². The number of rotatable bonds is 6. The highest BCUT2D eigenvalue weighted by Crippen LogP contribution is 2.31. The third-order valence-corrected chi connectivity index (χ3v) is 3.18. The molecule has 0 radical (unpaired) electrons. The maximum Gasteiger partial charge on any atom is 0.319 e. The quantitative estimate of drug-likeness (QED) is 0.757. The molecule has 1 atom stereocenters. The molecule has 24 heavy (non-hydrogen) atoms. The number of aromatic nitrogens is 1. The third-order valence-electron chi connectivity index (χ3n) is 3.18. The lowest BCUT2D eigenvalue weighted by atomic mass is 10.2. The minimum absolute atomic E-state index is 0.128. The van der Waals surface area contributed by atoms with Crippen LogP contribution in [0.15, 0.2) is 36.5 Å². The number of nitrogens with zero attached hydrogens (tertiary/aromatic N) is 1. The number of carbonyl (C=O) groups is 1. The molecule has 0 aliphatic rings. The van der Waals surface area contributed by atoms with Crippen LogP contribution >= 0.6 is 0 Å². The van der Waals surface area contributed by atoms with Crippen molar-refractivity contribution < 1.29 is 19.4 Å². The van der Waals surface area contributed by atoms with E-state index in [1.807, 2.05) is 25.1 Å². The number of benzene rings is 1. The highest BCUT2D eigenvalue weighted by atomic mass is 16.5. The summed E-state index contributed by atoms with van der Waals surface area (Å²) in [6.07, 6.45) is 1.49. The van der Waals surface area contributed by atoms with Crippen LogP contribution in [0.1, 0.15) is 12.5 Å². The predicted molar refractivity (Wildman–Crippen MR) is 90.7 cm³/mol. The number of nitrogens with one attached hydrogen (secondary N) is 2. The van der Waals surface area contributed by atoms with Crippen LogP contribution in [0, 0.1) is 6.92 Å². The number of anilines is 1. The Balaban J connectivity index is 2.01. The molecule has 2 rings (SSSR count). The van der Waals surface area contributed by atoms with E-state index in [0.717, 1.165) is 5.56 Å². The molecule has 2 aromatic rings. The standard InChI is InChI=1S/C17H21N3O4/c1-11-4-6-14(15(8-11)23-3)24-16-7-5-13(9-18-16)20-17(22)19-12(2)10-21/h4-9,12,21H,10H2,1-3H3,(H2,19,20,22)/t12-/m0/s1. The first-order chi connectivity index (χ1) is 11.5. The van der Waals surface area contributed by atoms with Crippen molar-refractivity contribution in [2.75, 3.05) is 19.0 Å². The molecular weight excluding hydrogens is 310 g/mol. The first kappa shape index (κ1) is 17.6. The van der Waals surface area contributed by atoms with E-state index in [1.165, 1.54) is 6.20 Å². The van der Waals surface area contributed by atoms with E-state index in [-0.39, 0.29) is 12.6 Å². The molecule has 128 valence electrons. The van der Waals surface area contributed by atoms with Gasteiger partial charge in [0.15, 0.2) is 11.5 Å². The number of hydrogen-bond donors (Lipinski definition) is 3. The van der Waals surface area contributed by atoms with E-state index in [9.17, 15) is 4.79 Å². The van der Waals surface area contributed by atoms with E-state index in [0.29, 0.717) is 23.1 Å². The lowest BCUT2D eigenvalue weighted by molar-refractivity contribution is 0.229. The molecule has 1 heterocycles. The zero-order chi connectivity index (χ0) is 17.5. The van der Waals surface area contributed by atoms with Gasteiger partial charge in [0.05, 0.1) is 31.6 Å². The third kappa shape index (κ3) is 4.85. The van der Waals surface area contributed by atoms with E-state index in [2.05, 4.69) is 15.6 Å². The Morgan fingerprint density at radius 2 is 2.08 bits per heavy atom. The molecule has 0 bridgehead atoms. The molecule has 0 fully saturated rings. The van der Waals surface area contributed by atoms with Crippen LogP contribution in [-0.2, 0) is 0 Å². The molecule has 0 saturated carbocycles. The fraction of sp³-hybridized carbons (Fsp3) is 0.294. The van der Waals surface area contributed by atoms with Gasteiger partial charge in [-0.05, 0) is 37.6 Å². The van der Waals surface area contributed by atoms with Gasteiger partial charge in [-0.2, -0.15) is 0 Å². The first-order valence-electron chi connectivity index (χ1n) is 7.48. The van der Waals surface area contributed by atoms with Gasteiger partial charge in [0.2, 0.25) is 5.88 Å². The molecule has 0 saturated heterocycles. The highest BCUT2D eigenvalue weighted by Gasteiger charge is 2.09. The molecule has 0 spiro atoms. The van der Waals surface area contributed by atoms with Crippen molar-refractivity contribution in [1.82, 2.24) is 10.3 Å². The molecule has 3 N–H and O–H groups in total. The van der Waals surface area contributed by atoms with E-state index in [1.54, 1.807) is 26.2 Å². The monoisotopic (exact) mass is 331 g/mol. The van der Waals surface area contributed by atoms with Gasteiger partial charge in [0, 0.05) is 6.07 Å². The average molecular weight is 331 g/mol. The van der Waals surface area contributed by atoms with Crippen molar-refractivity contribution >= 4 is 11.7 Å². The number of carbonyl (C=O) groups excluding carboxylic acids is 1. The maximum atomic E-state index is 11.7. The molecule has 0 unspecified atom stereocenters. The summed E-state index contributed by atoms with van der Waals surface area (Å²) < 4.78 is 11.0. The Bertz CT molecular complexity index is 689. The molecule has 0 aliphatic carbocycles. The lowest BCUT2D eigenvalue weighted by Crippen LogP contribution is -2.38. The first-order valence-corrected chi connectivity index (χ1v) is 7.48. The smallest absolute Gasteiger partial charge is 0.319 e. The predicted octanol–water partition coefficient (Wildman–Crippen LogP) is 2.69. The Labute approximate surface area is 140 Å². The second-order valence-corrected chi connectivity index (χ2v) is 5.32. The summed E-state index contributed by atoms with van der Waals surface area (Å²) >= 11 is 0. The van der Waals surface area contributed by atoms with Crippen molar-refractivity contribution in [2.24, 2.45) is 0 Å². The van der Waals surface area contributed by atoms with Crippen molar-refractivity contribution in [1.29, 1.82) is 0 Å². The summed E-state index contributed by atoms with van der Waals surface area (Å²) in [5.74, 6) is 1.56. The number of aliphatic hydroxyl groups excluding tert-OH is 1. The molecule has 1 aromatic heterocycles. The largest absolute Gasteiger partial charge is 0.493 e. The summed E-state index contributed by atoms with van der Waals surface area (Å²) in [4.78, 5) is 15.8. The van der Waals surface area contributed by atoms with Crippen LogP contribution in [-0.4, -0.2) is 35.9 Å². The molecule has 2 amide bonds. The van der Waals surface area contributed by atoms with Gasteiger partial charge in [0.25, 0.3) is 0 Å². The Hall–Kier alpha value is -2.80. The summed E-state index contributed by atoms with van der Waals surface area (Å²) in [6, 6.07) is 8.18. The number of ether oxygens (including phenoxy) is 2. The van der Waals surface area contributed by atoms with Gasteiger partial charge in [-0.15, -0.1) is 0 Å². The lowest BCUT2D eigenvalue weighted by Gasteiger charge is -2.12. The highest BCUT2D eigenvalue weighted by molar-refractivity contribution is 5.89. The fourth-order valence-corrected chi connectivity index (χ4v) is 1.92. The Morgan fingerprint density at radius 3 is 2.71 bits per heavy atom. The van der Waals surface area contributed by atoms with Crippen molar-refractivity contribution in [3.05, 3.63) is 42.1 Å². The molecular formula is C17H21N3O4. The van der Waals surface area contributed by atoms with E-state index in [4.69, 9.17) is 14.6 Å². The maximum absolute atomic E-state index is 11.7. The minimum Gasteiger partial charge on any atom is -0.493 e. The molecule has 7 heteroatoms. The molecule has 0 aliphatic heterocycles.